The third-order valence-corrected chi connectivity index (χ3v) is 8.17. The summed E-state index contributed by atoms with van der Waals surface area (Å²) < 4.78 is 35.7. The number of anilines is 1. The van der Waals surface area contributed by atoms with Crippen LogP contribution in [0.2, 0.25) is 0 Å². The number of ether oxygens (including phenoxy) is 1. The van der Waals surface area contributed by atoms with Gasteiger partial charge in [0.2, 0.25) is 0 Å². The maximum Gasteiger partial charge on any atom is 0.261 e. The smallest absolute Gasteiger partial charge is 0.261 e. The summed E-state index contributed by atoms with van der Waals surface area (Å²) in [5, 5.41) is 0. The van der Waals surface area contributed by atoms with Crippen molar-refractivity contribution in [1.82, 2.24) is 9.47 Å². The fraction of sp³-hybridized carbons (Fsp3) is 0.308. The molecule has 3 aromatic rings. The van der Waals surface area contributed by atoms with E-state index in [4.69, 9.17) is 4.74 Å². The van der Waals surface area contributed by atoms with Gasteiger partial charge in [0.05, 0.1) is 23.4 Å². The van der Waals surface area contributed by atoms with Crippen LogP contribution in [0.25, 0.3) is 0 Å². The van der Waals surface area contributed by atoms with Gasteiger partial charge in [0.15, 0.2) is 0 Å². The lowest BCUT2D eigenvalue weighted by Gasteiger charge is -2.43. The van der Waals surface area contributed by atoms with Crippen molar-refractivity contribution in [1.29, 1.82) is 0 Å². The summed E-state index contributed by atoms with van der Waals surface area (Å²) in [6.07, 6.45) is 0.787. The van der Waals surface area contributed by atoms with Gasteiger partial charge in [-0.25, -0.2) is 8.42 Å². The Kier molecular flexibility index (Phi) is 5.88. The number of pyridine rings is 1. The number of amides is 1. The molecule has 2 aromatic carbocycles. The fourth-order valence-electron chi connectivity index (χ4n) is 5.10. The Labute approximate surface area is 204 Å². The molecular weight excluding hydrogens is 466 g/mol. The van der Waals surface area contributed by atoms with Crippen LogP contribution >= 0.6 is 0 Å². The molecule has 1 saturated heterocycles. The second-order valence-electron chi connectivity index (χ2n) is 9.24. The van der Waals surface area contributed by atoms with E-state index < -0.39 is 10.0 Å². The van der Waals surface area contributed by atoms with E-state index in [1.54, 1.807) is 65.1 Å². The van der Waals surface area contributed by atoms with Crippen LogP contribution in [0.15, 0.2) is 70.4 Å². The molecule has 2 aliphatic rings. The molecule has 35 heavy (non-hydrogen) atoms. The van der Waals surface area contributed by atoms with Crippen LogP contribution in [0.5, 0.6) is 5.75 Å². The largest absolute Gasteiger partial charge is 0.497 e. The summed E-state index contributed by atoms with van der Waals surface area (Å²) in [7, 11) is -2.26. The Balaban J connectivity index is 1.46. The van der Waals surface area contributed by atoms with Crippen LogP contribution in [0.3, 0.4) is 0 Å². The van der Waals surface area contributed by atoms with Crippen molar-refractivity contribution in [2.75, 3.05) is 24.9 Å². The molecule has 2 aliphatic heterocycles. The molecule has 9 heteroatoms. The van der Waals surface area contributed by atoms with E-state index in [0.29, 0.717) is 42.3 Å². The molecule has 3 heterocycles. The third-order valence-electron chi connectivity index (χ3n) is 6.79. The predicted octanol–water partition coefficient (Wildman–Crippen LogP) is 3.23. The summed E-state index contributed by atoms with van der Waals surface area (Å²) in [5.74, 6) is 0.547. The van der Waals surface area contributed by atoms with Gasteiger partial charge >= 0.3 is 0 Å². The topological polar surface area (TPSA) is 97.7 Å². The average Bonchev–Trinajstić information content (AvgIpc) is 2.85. The SMILES string of the molecule is COc1ccc(C(=O)N2C[C@@H]3C[C@H](C2)c2c(NS(=O)(=O)c4ccc(C)cc4)ccc(=O)n2C3)cc1. The number of aromatic nitrogens is 1. The van der Waals surface area contributed by atoms with Crippen molar-refractivity contribution in [3.05, 3.63) is 87.8 Å². The number of aryl methyl sites for hydroxylation is 1. The van der Waals surface area contributed by atoms with Gasteiger partial charge in [-0.3, -0.25) is 14.3 Å². The Morgan fingerprint density at radius 3 is 2.37 bits per heavy atom. The summed E-state index contributed by atoms with van der Waals surface area (Å²) in [4.78, 5) is 27.9. The Morgan fingerprint density at radius 1 is 0.971 bits per heavy atom. The summed E-state index contributed by atoms with van der Waals surface area (Å²) in [6, 6.07) is 16.5. The number of carbonyl (C=O) groups is 1. The third kappa shape index (κ3) is 4.43. The molecule has 1 aromatic heterocycles. The number of piperidine rings is 1. The Morgan fingerprint density at radius 2 is 1.69 bits per heavy atom. The lowest BCUT2D eigenvalue weighted by atomic mass is 9.82. The molecule has 2 bridgehead atoms. The number of benzene rings is 2. The van der Waals surface area contributed by atoms with E-state index in [0.717, 1.165) is 12.0 Å². The minimum Gasteiger partial charge on any atom is -0.497 e. The molecule has 182 valence electrons. The number of carbonyl (C=O) groups excluding carboxylic acids is 1. The van der Waals surface area contributed by atoms with Crippen molar-refractivity contribution in [2.24, 2.45) is 5.92 Å². The maximum atomic E-state index is 13.2. The highest BCUT2D eigenvalue weighted by Crippen LogP contribution is 2.39. The standard InChI is InChI=1S/C26H27N3O5S/c1-17-3-9-22(10-4-17)35(32,33)27-23-11-12-24(30)29-15-18-13-20(25(23)29)16-28(14-18)26(31)19-5-7-21(34-2)8-6-19/h3-12,18,20,27H,13-16H2,1-2H3/t18-,20+/m0/s1. The molecule has 8 nitrogen and oxygen atoms in total. The number of methoxy groups -OCH3 is 1. The molecule has 0 aliphatic carbocycles. The van der Waals surface area contributed by atoms with Crippen molar-refractivity contribution in [3.63, 3.8) is 0 Å². The maximum absolute atomic E-state index is 13.2. The van der Waals surface area contributed by atoms with Gasteiger partial charge in [0.1, 0.15) is 5.75 Å². The van der Waals surface area contributed by atoms with E-state index in [2.05, 4.69) is 4.72 Å². The number of hydrogen-bond acceptors (Lipinski definition) is 5. The van der Waals surface area contributed by atoms with Gasteiger partial charge in [-0.15, -0.1) is 0 Å². The zero-order valence-corrected chi connectivity index (χ0v) is 20.4. The first-order chi connectivity index (χ1) is 16.7. The normalized spacial score (nSPS) is 19.1. The zero-order valence-electron chi connectivity index (χ0n) is 19.6. The van der Waals surface area contributed by atoms with Crippen LogP contribution in [0.1, 0.15) is 34.0 Å². The van der Waals surface area contributed by atoms with E-state index >= 15 is 0 Å². The monoisotopic (exact) mass is 493 g/mol. The highest BCUT2D eigenvalue weighted by Gasteiger charge is 2.38. The number of rotatable bonds is 5. The number of likely N-dealkylation sites (tertiary alicyclic amines) is 1. The Bertz CT molecular complexity index is 1430. The van der Waals surface area contributed by atoms with E-state index in [1.165, 1.54) is 12.1 Å². The van der Waals surface area contributed by atoms with Gasteiger partial charge in [0.25, 0.3) is 21.5 Å². The molecule has 0 spiro atoms. The summed E-state index contributed by atoms with van der Waals surface area (Å²) in [5.41, 5.74) is 2.38. The lowest BCUT2D eigenvalue weighted by molar-refractivity contribution is 0.0595. The molecule has 5 rings (SSSR count). The summed E-state index contributed by atoms with van der Waals surface area (Å²) >= 11 is 0. The van der Waals surface area contributed by atoms with Gasteiger partial charge < -0.3 is 14.2 Å². The van der Waals surface area contributed by atoms with Crippen LogP contribution in [-0.2, 0) is 16.6 Å². The Hall–Kier alpha value is -3.59. The molecule has 1 amide bonds. The van der Waals surface area contributed by atoms with Crippen molar-refractivity contribution >= 4 is 21.6 Å². The van der Waals surface area contributed by atoms with Gasteiger partial charge in [-0.2, -0.15) is 0 Å². The van der Waals surface area contributed by atoms with Crippen molar-refractivity contribution < 1.29 is 17.9 Å². The van der Waals surface area contributed by atoms with E-state index in [-0.39, 0.29) is 28.2 Å². The fourth-order valence-corrected chi connectivity index (χ4v) is 6.18. The average molecular weight is 494 g/mol. The van der Waals surface area contributed by atoms with Crippen LogP contribution in [0, 0.1) is 12.8 Å². The van der Waals surface area contributed by atoms with Crippen LogP contribution in [-0.4, -0.2) is 44.0 Å². The molecular formula is C26H27N3O5S. The second-order valence-corrected chi connectivity index (χ2v) is 10.9. The quantitative estimate of drug-likeness (QED) is 0.589. The highest BCUT2D eigenvalue weighted by atomic mass is 32.2. The predicted molar refractivity (Wildman–Crippen MR) is 132 cm³/mol. The van der Waals surface area contributed by atoms with Crippen LogP contribution in [0.4, 0.5) is 5.69 Å². The number of fused-ring (bicyclic) bond motifs is 4. The summed E-state index contributed by atoms with van der Waals surface area (Å²) in [6.45, 7) is 3.29. The number of nitrogens with one attached hydrogen (secondary N) is 1. The van der Waals surface area contributed by atoms with Gasteiger partial charge in [-0.05, 0) is 61.7 Å². The molecule has 0 unspecified atom stereocenters. The first-order valence-corrected chi connectivity index (χ1v) is 13.0. The van der Waals surface area contributed by atoms with Gasteiger partial charge in [0, 0.05) is 37.2 Å². The number of hydrogen-bond donors (Lipinski definition) is 1. The first-order valence-electron chi connectivity index (χ1n) is 11.5. The number of nitrogens with zero attached hydrogens (tertiary/aromatic N) is 2. The minimum absolute atomic E-state index is 0.0872. The lowest BCUT2D eigenvalue weighted by Crippen LogP contribution is -2.49. The molecule has 0 saturated carbocycles. The molecule has 1 N–H and O–H groups in total. The molecule has 0 radical (unpaired) electrons. The highest BCUT2D eigenvalue weighted by molar-refractivity contribution is 7.92. The van der Waals surface area contributed by atoms with Crippen LogP contribution < -0.4 is 15.0 Å². The minimum atomic E-state index is -3.84. The first kappa shape index (κ1) is 23.2. The molecule has 2 atom stereocenters. The zero-order chi connectivity index (χ0) is 24.7. The number of sulfonamides is 1. The van der Waals surface area contributed by atoms with Crippen molar-refractivity contribution in [3.8, 4) is 5.75 Å². The molecule has 1 fully saturated rings. The van der Waals surface area contributed by atoms with Gasteiger partial charge in [-0.1, -0.05) is 17.7 Å². The van der Waals surface area contributed by atoms with E-state index in [9.17, 15) is 18.0 Å². The van der Waals surface area contributed by atoms with E-state index in [1.807, 2.05) is 6.92 Å². The van der Waals surface area contributed by atoms with Crippen molar-refractivity contribution in [2.45, 2.75) is 30.7 Å². The second kappa shape index (κ2) is 8.88.